The molecule has 3 aromatic rings. The summed E-state index contributed by atoms with van der Waals surface area (Å²) in [7, 11) is 0. The van der Waals surface area contributed by atoms with Crippen molar-refractivity contribution in [2.75, 3.05) is 0 Å². The number of carboxylic acid groups (broad SMARTS) is 1. The number of benzene rings is 1. The van der Waals surface area contributed by atoms with E-state index in [0.29, 0.717) is 0 Å². The molecule has 0 spiro atoms. The third-order valence-electron chi connectivity index (χ3n) is 2.82. The molecule has 0 atom stereocenters. The predicted molar refractivity (Wildman–Crippen MR) is 85.2 cm³/mol. The number of carbonyl (C=O) groups is 1. The Hall–Kier alpha value is -1.18. The van der Waals surface area contributed by atoms with Gasteiger partial charge in [0.1, 0.15) is 0 Å². The van der Waals surface area contributed by atoms with E-state index in [2.05, 4.69) is 36.8 Å². The van der Waals surface area contributed by atoms with Crippen LogP contribution in [0.3, 0.4) is 0 Å². The van der Waals surface area contributed by atoms with E-state index >= 15 is 0 Å². The van der Waals surface area contributed by atoms with Gasteiger partial charge in [0, 0.05) is 31.8 Å². The second kappa shape index (κ2) is 5.31. The Morgan fingerprint density at radius 2 is 2.20 bits per heavy atom. The van der Waals surface area contributed by atoms with E-state index in [4.69, 9.17) is 5.11 Å². The number of fused-ring (bicyclic) bond motifs is 1. The van der Waals surface area contributed by atoms with Gasteiger partial charge in [-0.25, -0.2) is 4.98 Å². The number of carboxylic acids is 1. The smallest absolute Gasteiger partial charge is 0.309 e. The fourth-order valence-corrected chi connectivity index (χ4v) is 3.62. The van der Waals surface area contributed by atoms with Crippen LogP contribution in [0, 0.1) is 0 Å². The van der Waals surface area contributed by atoms with E-state index in [0.717, 1.165) is 30.9 Å². The van der Waals surface area contributed by atoms with Crippen molar-refractivity contribution < 1.29 is 9.90 Å². The minimum Gasteiger partial charge on any atom is -0.481 e. The molecular formula is C13H8Br2N2O2S. The minimum atomic E-state index is -0.844. The largest absolute Gasteiger partial charge is 0.481 e. The maximum atomic E-state index is 10.8. The second-order valence-corrected chi connectivity index (χ2v) is 6.81. The van der Waals surface area contributed by atoms with Crippen LogP contribution in [0.25, 0.3) is 16.2 Å². The lowest BCUT2D eigenvalue weighted by atomic mass is 10.2. The number of hydrogen-bond donors (Lipinski definition) is 1. The standard InChI is InChI=1S/C13H8Br2N2O2S/c14-7-1-2-10(15)9(3-7)11-5-17-8(4-12(18)19)6-20-13(17)16-11/h1-3,5-6H,4H2,(H,18,19). The van der Waals surface area contributed by atoms with Crippen LogP contribution in [0.4, 0.5) is 0 Å². The van der Waals surface area contributed by atoms with E-state index in [1.165, 1.54) is 11.3 Å². The number of aliphatic carboxylic acids is 1. The SMILES string of the molecule is O=C(O)Cc1csc2nc(-c3cc(Br)ccc3Br)cn12. The molecule has 3 rings (SSSR count). The fraction of sp³-hybridized carbons (Fsp3) is 0.0769. The van der Waals surface area contributed by atoms with Gasteiger partial charge in [0.25, 0.3) is 0 Å². The molecule has 2 heterocycles. The lowest BCUT2D eigenvalue weighted by Crippen LogP contribution is -2.02. The maximum Gasteiger partial charge on any atom is 0.309 e. The Labute approximate surface area is 135 Å². The van der Waals surface area contributed by atoms with Gasteiger partial charge in [-0.15, -0.1) is 11.3 Å². The van der Waals surface area contributed by atoms with Gasteiger partial charge in [0.15, 0.2) is 4.96 Å². The Bertz CT molecular complexity index is 810. The van der Waals surface area contributed by atoms with Crippen LogP contribution in [-0.2, 0) is 11.2 Å². The van der Waals surface area contributed by atoms with Crippen molar-refractivity contribution in [2.45, 2.75) is 6.42 Å². The Balaban J connectivity index is 2.11. The van der Waals surface area contributed by atoms with Crippen LogP contribution in [0.5, 0.6) is 0 Å². The van der Waals surface area contributed by atoms with Crippen molar-refractivity contribution in [1.29, 1.82) is 0 Å². The van der Waals surface area contributed by atoms with E-state index in [9.17, 15) is 4.79 Å². The molecule has 0 unspecified atom stereocenters. The van der Waals surface area contributed by atoms with Crippen LogP contribution in [-0.4, -0.2) is 20.5 Å². The number of aromatic nitrogens is 2. The number of thiazole rings is 1. The zero-order chi connectivity index (χ0) is 14.3. The Morgan fingerprint density at radius 1 is 1.40 bits per heavy atom. The van der Waals surface area contributed by atoms with Crippen molar-refractivity contribution in [3.63, 3.8) is 0 Å². The summed E-state index contributed by atoms with van der Waals surface area (Å²) in [5.74, 6) is -0.844. The summed E-state index contributed by atoms with van der Waals surface area (Å²) in [6, 6.07) is 5.88. The van der Waals surface area contributed by atoms with Crippen LogP contribution in [0.1, 0.15) is 5.69 Å². The van der Waals surface area contributed by atoms with Gasteiger partial charge in [0.05, 0.1) is 12.1 Å². The summed E-state index contributed by atoms with van der Waals surface area (Å²) in [5.41, 5.74) is 2.52. The summed E-state index contributed by atoms with van der Waals surface area (Å²) in [6.07, 6.45) is 1.87. The van der Waals surface area contributed by atoms with Gasteiger partial charge in [-0.1, -0.05) is 31.9 Å². The summed E-state index contributed by atoms with van der Waals surface area (Å²) in [5, 5.41) is 10.7. The van der Waals surface area contributed by atoms with E-state index in [1.54, 1.807) is 0 Å². The number of rotatable bonds is 3. The molecule has 0 radical (unpaired) electrons. The molecule has 0 aliphatic carbocycles. The normalized spacial score (nSPS) is 11.1. The third kappa shape index (κ3) is 2.53. The van der Waals surface area contributed by atoms with Crippen LogP contribution < -0.4 is 0 Å². The number of nitrogens with zero attached hydrogens (tertiary/aromatic N) is 2. The highest BCUT2D eigenvalue weighted by molar-refractivity contribution is 9.11. The molecule has 7 heteroatoms. The molecule has 0 fully saturated rings. The minimum absolute atomic E-state index is 0.00451. The number of imidazole rings is 1. The van der Waals surface area contributed by atoms with Crippen LogP contribution in [0.15, 0.2) is 38.7 Å². The number of halogens is 2. The molecular weight excluding hydrogens is 408 g/mol. The summed E-state index contributed by atoms with van der Waals surface area (Å²) < 4.78 is 3.76. The molecule has 2 aromatic heterocycles. The average Bonchev–Trinajstić information content (AvgIpc) is 2.94. The summed E-state index contributed by atoms with van der Waals surface area (Å²) in [6.45, 7) is 0. The molecule has 0 bridgehead atoms. The first kappa shape index (κ1) is 13.8. The van der Waals surface area contributed by atoms with E-state index < -0.39 is 5.97 Å². The first-order valence-electron chi connectivity index (χ1n) is 5.67. The first-order valence-corrected chi connectivity index (χ1v) is 8.14. The molecule has 102 valence electrons. The molecule has 0 amide bonds. The van der Waals surface area contributed by atoms with Gasteiger partial charge >= 0.3 is 5.97 Å². The zero-order valence-corrected chi connectivity index (χ0v) is 14.0. The van der Waals surface area contributed by atoms with Crippen molar-refractivity contribution >= 4 is 54.1 Å². The monoisotopic (exact) mass is 414 g/mol. The third-order valence-corrected chi connectivity index (χ3v) is 4.89. The molecule has 20 heavy (non-hydrogen) atoms. The first-order chi connectivity index (χ1) is 9.54. The van der Waals surface area contributed by atoms with Crippen molar-refractivity contribution in [2.24, 2.45) is 0 Å². The van der Waals surface area contributed by atoms with Crippen molar-refractivity contribution in [1.82, 2.24) is 9.38 Å². The molecule has 4 nitrogen and oxygen atoms in total. The second-order valence-electron chi connectivity index (χ2n) is 4.20. The van der Waals surface area contributed by atoms with Crippen LogP contribution >= 0.6 is 43.2 Å². The summed E-state index contributed by atoms with van der Waals surface area (Å²) in [4.78, 5) is 16.2. The molecule has 0 aliphatic heterocycles. The molecule has 0 saturated heterocycles. The molecule has 0 aliphatic rings. The topological polar surface area (TPSA) is 54.6 Å². The lowest BCUT2D eigenvalue weighted by Gasteiger charge is -2.01. The van der Waals surface area contributed by atoms with Crippen LogP contribution in [0.2, 0.25) is 0 Å². The molecule has 0 saturated carbocycles. The fourth-order valence-electron chi connectivity index (χ4n) is 1.94. The van der Waals surface area contributed by atoms with E-state index in [-0.39, 0.29) is 6.42 Å². The lowest BCUT2D eigenvalue weighted by molar-refractivity contribution is -0.136. The van der Waals surface area contributed by atoms with Gasteiger partial charge in [-0.2, -0.15) is 0 Å². The van der Waals surface area contributed by atoms with Gasteiger partial charge in [-0.3, -0.25) is 9.20 Å². The highest BCUT2D eigenvalue weighted by Crippen LogP contribution is 2.31. The highest BCUT2D eigenvalue weighted by atomic mass is 79.9. The summed E-state index contributed by atoms with van der Waals surface area (Å²) >= 11 is 8.40. The van der Waals surface area contributed by atoms with Crippen molar-refractivity contribution in [3.8, 4) is 11.3 Å². The molecule has 1 N–H and O–H groups in total. The van der Waals surface area contributed by atoms with Gasteiger partial charge < -0.3 is 5.11 Å². The van der Waals surface area contributed by atoms with Crippen molar-refractivity contribution in [3.05, 3.63) is 44.4 Å². The number of hydrogen-bond acceptors (Lipinski definition) is 3. The predicted octanol–water partition coefficient (Wildman–Crippen LogP) is 4.21. The highest BCUT2D eigenvalue weighted by Gasteiger charge is 2.13. The van der Waals surface area contributed by atoms with Gasteiger partial charge in [-0.05, 0) is 18.2 Å². The zero-order valence-electron chi connectivity index (χ0n) is 10.0. The quantitative estimate of drug-likeness (QED) is 0.696. The maximum absolute atomic E-state index is 10.8. The Kier molecular flexibility index (Phi) is 3.66. The molecule has 1 aromatic carbocycles. The Morgan fingerprint density at radius 3 is 2.95 bits per heavy atom. The van der Waals surface area contributed by atoms with Gasteiger partial charge in [0.2, 0.25) is 0 Å². The average molecular weight is 416 g/mol. The van der Waals surface area contributed by atoms with E-state index in [1.807, 2.05) is 34.2 Å².